The molecule has 0 spiro atoms. The molecule has 0 radical (unpaired) electrons. The molecule has 4 fully saturated rings. The molecule has 8 heteroatoms. The Balaban J connectivity index is 1.12. The van der Waals surface area contributed by atoms with E-state index in [4.69, 9.17) is 23.7 Å². The molecule has 162 valence electrons. The third kappa shape index (κ3) is 7.50. The van der Waals surface area contributed by atoms with Gasteiger partial charge in [0.25, 0.3) is 0 Å². The van der Waals surface area contributed by atoms with E-state index in [1.165, 1.54) is 0 Å². The lowest BCUT2D eigenvalue weighted by Crippen LogP contribution is -2.34. The van der Waals surface area contributed by atoms with Crippen LogP contribution in [-0.4, -0.2) is 90.3 Å². The van der Waals surface area contributed by atoms with Crippen LogP contribution < -0.4 is 0 Å². The third-order valence-corrected chi connectivity index (χ3v) is 5.99. The number of aliphatic hydroxyl groups is 3. The van der Waals surface area contributed by atoms with Crippen LogP contribution in [0.2, 0.25) is 0 Å². The average molecular weight is 402 g/mol. The standard InChI is InChI=1S/C20H34O8/c21-18(2-4-20(23,8-16-12-27-16)9-17-13-28-17)24-5-1-3-19(22,6-14-10-25-14)7-15-11-26-15/h14-18,21-23H,1-13H2. The lowest BCUT2D eigenvalue weighted by atomic mass is 9.87. The average Bonchev–Trinajstić information content (AvgIpc) is 3.44. The van der Waals surface area contributed by atoms with Crippen molar-refractivity contribution in [3.8, 4) is 0 Å². The van der Waals surface area contributed by atoms with Crippen LogP contribution in [0.3, 0.4) is 0 Å². The van der Waals surface area contributed by atoms with E-state index in [0.29, 0.717) is 71.2 Å². The van der Waals surface area contributed by atoms with Gasteiger partial charge in [0.15, 0.2) is 6.29 Å². The van der Waals surface area contributed by atoms with Crippen molar-refractivity contribution in [2.75, 3.05) is 33.0 Å². The van der Waals surface area contributed by atoms with Crippen molar-refractivity contribution in [1.82, 2.24) is 0 Å². The van der Waals surface area contributed by atoms with Crippen molar-refractivity contribution in [3.63, 3.8) is 0 Å². The van der Waals surface area contributed by atoms with Crippen LogP contribution in [0.4, 0.5) is 0 Å². The van der Waals surface area contributed by atoms with Gasteiger partial charge in [-0.3, -0.25) is 0 Å². The van der Waals surface area contributed by atoms with Gasteiger partial charge in [0.05, 0.1) is 62.0 Å². The fourth-order valence-electron chi connectivity index (χ4n) is 4.11. The summed E-state index contributed by atoms with van der Waals surface area (Å²) in [6, 6.07) is 0. The molecule has 4 saturated heterocycles. The Labute approximate surface area is 166 Å². The second kappa shape index (κ2) is 8.81. The smallest absolute Gasteiger partial charge is 0.154 e. The fourth-order valence-corrected chi connectivity index (χ4v) is 4.11. The Kier molecular flexibility index (Phi) is 6.59. The molecule has 28 heavy (non-hydrogen) atoms. The van der Waals surface area contributed by atoms with Crippen molar-refractivity contribution < 1.29 is 39.0 Å². The van der Waals surface area contributed by atoms with Gasteiger partial charge in [0, 0.05) is 38.7 Å². The van der Waals surface area contributed by atoms with Gasteiger partial charge in [0.1, 0.15) is 0 Å². The molecular formula is C20H34O8. The molecule has 4 rings (SSSR count). The molecule has 0 aromatic carbocycles. The zero-order valence-electron chi connectivity index (χ0n) is 16.5. The first kappa shape index (κ1) is 20.9. The molecule has 4 heterocycles. The van der Waals surface area contributed by atoms with Crippen LogP contribution in [0, 0.1) is 0 Å². The topological polar surface area (TPSA) is 120 Å². The highest BCUT2D eigenvalue weighted by Gasteiger charge is 2.42. The molecule has 8 nitrogen and oxygen atoms in total. The largest absolute Gasteiger partial charge is 0.390 e. The van der Waals surface area contributed by atoms with E-state index in [0.717, 1.165) is 13.2 Å². The minimum absolute atomic E-state index is 0.130. The van der Waals surface area contributed by atoms with E-state index in [9.17, 15) is 15.3 Å². The zero-order chi connectivity index (χ0) is 19.6. The third-order valence-electron chi connectivity index (χ3n) is 5.99. The van der Waals surface area contributed by atoms with E-state index in [1.807, 2.05) is 0 Å². The summed E-state index contributed by atoms with van der Waals surface area (Å²) in [5, 5.41) is 31.9. The number of hydrogen-bond acceptors (Lipinski definition) is 8. The lowest BCUT2D eigenvalue weighted by Gasteiger charge is -2.28. The predicted molar refractivity (Wildman–Crippen MR) is 97.8 cm³/mol. The highest BCUT2D eigenvalue weighted by atomic mass is 16.6. The quantitative estimate of drug-likeness (QED) is 0.194. The Morgan fingerprint density at radius 2 is 1.14 bits per heavy atom. The number of hydrogen-bond donors (Lipinski definition) is 3. The van der Waals surface area contributed by atoms with Gasteiger partial charge in [-0.1, -0.05) is 0 Å². The van der Waals surface area contributed by atoms with Crippen LogP contribution in [0.15, 0.2) is 0 Å². The van der Waals surface area contributed by atoms with Crippen molar-refractivity contribution in [2.24, 2.45) is 0 Å². The van der Waals surface area contributed by atoms with Crippen molar-refractivity contribution in [1.29, 1.82) is 0 Å². The van der Waals surface area contributed by atoms with Crippen molar-refractivity contribution in [2.45, 2.75) is 93.3 Å². The molecule has 3 N–H and O–H groups in total. The summed E-state index contributed by atoms with van der Waals surface area (Å²) in [7, 11) is 0. The van der Waals surface area contributed by atoms with Crippen molar-refractivity contribution >= 4 is 0 Å². The van der Waals surface area contributed by atoms with Gasteiger partial charge in [-0.05, 0) is 19.3 Å². The summed E-state index contributed by atoms with van der Waals surface area (Å²) in [4.78, 5) is 0. The van der Waals surface area contributed by atoms with E-state index in [2.05, 4.69) is 0 Å². The monoisotopic (exact) mass is 402 g/mol. The van der Waals surface area contributed by atoms with E-state index in [-0.39, 0.29) is 24.4 Å². The molecule has 0 aliphatic carbocycles. The fraction of sp³-hybridized carbons (Fsp3) is 1.00. The molecule has 0 aromatic rings. The number of ether oxygens (including phenoxy) is 5. The first-order chi connectivity index (χ1) is 13.4. The van der Waals surface area contributed by atoms with Gasteiger partial charge in [-0.2, -0.15) is 0 Å². The number of epoxide rings is 4. The van der Waals surface area contributed by atoms with Crippen molar-refractivity contribution in [3.05, 3.63) is 0 Å². The SMILES string of the molecule is OC(CCC(O)(CC1CO1)CC1CO1)OCCCC(O)(CC1CO1)CC1CO1. The molecule has 5 atom stereocenters. The normalized spacial score (nSPS) is 35.7. The molecule has 0 saturated carbocycles. The predicted octanol–water partition coefficient (Wildman–Crippen LogP) is 0.500. The van der Waals surface area contributed by atoms with Crippen LogP contribution in [0.1, 0.15) is 51.4 Å². The van der Waals surface area contributed by atoms with Crippen LogP contribution in [0.5, 0.6) is 0 Å². The molecular weight excluding hydrogens is 368 g/mol. The summed E-state index contributed by atoms with van der Waals surface area (Å²) in [6.07, 6.45) is 4.18. The van der Waals surface area contributed by atoms with Gasteiger partial charge in [-0.25, -0.2) is 0 Å². The molecule has 0 aromatic heterocycles. The van der Waals surface area contributed by atoms with Gasteiger partial charge >= 0.3 is 0 Å². The van der Waals surface area contributed by atoms with E-state index >= 15 is 0 Å². The van der Waals surface area contributed by atoms with Gasteiger partial charge < -0.3 is 39.0 Å². The summed E-state index contributed by atoms with van der Waals surface area (Å²) >= 11 is 0. The van der Waals surface area contributed by atoms with Crippen LogP contribution in [0.25, 0.3) is 0 Å². The summed E-state index contributed by atoms with van der Waals surface area (Å²) in [6.45, 7) is 3.23. The first-order valence-corrected chi connectivity index (χ1v) is 10.6. The summed E-state index contributed by atoms with van der Waals surface area (Å²) in [5.74, 6) is 0. The number of rotatable bonds is 16. The van der Waals surface area contributed by atoms with Gasteiger partial charge in [-0.15, -0.1) is 0 Å². The molecule has 0 amide bonds. The highest BCUT2D eigenvalue weighted by Crippen LogP contribution is 2.35. The van der Waals surface area contributed by atoms with Crippen LogP contribution in [-0.2, 0) is 23.7 Å². The molecule has 0 bridgehead atoms. The minimum Gasteiger partial charge on any atom is -0.390 e. The highest BCUT2D eigenvalue weighted by molar-refractivity contribution is 4.92. The zero-order valence-corrected chi connectivity index (χ0v) is 16.5. The maximum absolute atomic E-state index is 10.9. The Morgan fingerprint density at radius 3 is 1.54 bits per heavy atom. The van der Waals surface area contributed by atoms with E-state index in [1.54, 1.807) is 0 Å². The van der Waals surface area contributed by atoms with E-state index < -0.39 is 17.5 Å². The second-order valence-electron chi connectivity index (χ2n) is 9.05. The Bertz CT molecular complexity index is 470. The maximum atomic E-state index is 10.9. The molecule has 4 aliphatic rings. The van der Waals surface area contributed by atoms with Crippen LogP contribution >= 0.6 is 0 Å². The maximum Gasteiger partial charge on any atom is 0.154 e. The summed E-state index contributed by atoms with van der Waals surface area (Å²) in [5.41, 5.74) is -1.66. The second-order valence-corrected chi connectivity index (χ2v) is 9.05. The lowest BCUT2D eigenvalue weighted by molar-refractivity contribution is -0.121. The number of aliphatic hydroxyl groups excluding tert-OH is 1. The molecule has 4 aliphatic heterocycles. The molecule has 5 unspecified atom stereocenters. The Morgan fingerprint density at radius 1 is 0.750 bits per heavy atom. The van der Waals surface area contributed by atoms with Gasteiger partial charge in [0.2, 0.25) is 0 Å². The minimum atomic E-state index is -0.918. The first-order valence-electron chi connectivity index (χ1n) is 10.6. The Hall–Kier alpha value is -0.320. The summed E-state index contributed by atoms with van der Waals surface area (Å²) < 4.78 is 26.6.